The maximum Gasteiger partial charge on any atom is 0.242 e. The third-order valence-electron chi connectivity index (χ3n) is 3.07. The predicted octanol–water partition coefficient (Wildman–Crippen LogP) is 2.93. The van der Waals surface area contributed by atoms with Gasteiger partial charge in [0.25, 0.3) is 0 Å². The highest BCUT2D eigenvalue weighted by Crippen LogP contribution is 2.22. The van der Waals surface area contributed by atoms with Gasteiger partial charge in [-0.3, -0.25) is 0 Å². The lowest BCUT2D eigenvalue weighted by Crippen LogP contribution is -2.29. The van der Waals surface area contributed by atoms with Gasteiger partial charge in [0.2, 0.25) is 10.0 Å². The van der Waals surface area contributed by atoms with E-state index in [1.54, 1.807) is 0 Å². The van der Waals surface area contributed by atoms with Crippen LogP contribution >= 0.6 is 11.6 Å². The highest BCUT2D eigenvalue weighted by molar-refractivity contribution is 7.89. The van der Waals surface area contributed by atoms with E-state index >= 15 is 0 Å². The number of hydrogen-bond donors (Lipinski definition) is 1. The van der Waals surface area contributed by atoms with Gasteiger partial charge in [0.15, 0.2) is 0 Å². The topological polar surface area (TPSA) is 70.0 Å². The summed E-state index contributed by atoms with van der Waals surface area (Å²) in [5, 5.41) is 8.79. The molecule has 0 radical (unpaired) electrons. The van der Waals surface area contributed by atoms with E-state index in [0.717, 1.165) is 12.8 Å². The molecule has 0 fully saturated rings. The second kappa shape index (κ2) is 6.90. The third-order valence-corrected chi connectivity index (χ3v) is 4.97. The van der Waals surface area contributed by atoms with Crippen molar-refractivity contribution in [1.82, 2.24) is 4.72 Å². The Kier molecular flexibility index (Phi) is 5.80. The van der Waals surface area contributed by atoms with Gasteiger partial charge >= 0.3 is 0 Å². The minimum Gasteiger partial charge on any atom is -0.211 e. The van der Waals surface area contributed by atoms with E-state index in [0.29, 0.717) is 18.0 Å². The summed E-state index contributed by atoms with van der Waals surface area (Å²) < 4.78 is 26.8. The van der Waals surface area contributed by atoms with Gasteiger partial charge in [-0.25, -0.2) is 13.1 Å². The summed E-state index contributed by atoms with van der Waals surface area (Å²) in [5.41, 5.74) is 0.337. The van der Waals surface area contributed by atoms with Crippen LogP contribution in [0.4, 0.5) is 0 Å². The molecule has 0 aliphatic heterocycles. The average Bonchev–Trinajstić information content (AvgIpc) is 2.39. The van der Waals surface area contributed by atoms with Crippen molar-refractivity contribution in [2.45, 2.75) is 31.6 Å². The largest absolute Gasteiger partial charge is 0.242 e. The molecule has 0 amide bonds. The number of sulfonamides is 1. The smallest absolute Gasteiger partial charge is 0.211 e. The lowest BCUT2D eigenvalue weighted by molar-refractivity contribution is 0.479. The monoisotopic (exact) mass is 300 g/mol. The van der Waals surface area contributed by atoms with Gasteiger partial charge in [-0.1, -0.05) is 38.3 Å². The van der Waals surface area contributed by atoms with E-state index < -0.39 is 10.0 Å². The van der Waals surface area contributed by atoms with Gasteiger partial charge in [-0.05, 0) is 24.1 Å². The van der Waals surface area contributed by atoms with Crippen LogP contribution in [-0.4, -0.2) is 15.0 Å². The summed E-state index contributed by atoms with van der Waals surface area (Å²) in [5.74, 6) is 0.312. The molecule has 1 N–H and O–H groups in total. The molecule has 0 heterocycles. The first-order chi connectivity index (χ1) is 8.94. The van der Waals surface area contributed by atoms with Gasteiger partial charge < -0.3 is 0 Å². The molecular formula is C13H17ClN2O2S. The van der Waals surface area contributed by atoms with Crippen LogP contribution in [0.1, 0.15) is 32.3 Å². The van der Waals surface area contributed by atoms with Crippen molar-refractivity contribution >= 4 is 21.6 Å². The van der Waals surface area contributed by atoms with Crippen molar-refractivity contribution in [2.75, 3.05) is 6.54 Å². The summed E-state index contributed by atoms with van der Waals surface area (Å²) in [6.45, 7) is 4.44. The molecule has 1 aromatic rings. The number of nitrogens with one attached hydrogen (secondary N) is 1. The van der Waals surface area contributed by atoms with E-state index in [4.69, 9.17) is 16.9 Å². The zero-order valence-electron chi connectivity index (χ0n) is 11.0. The molecule has 0 saturated carbocycles. The Hall–Kier alpha value is -1.09. The summed E-state index contributed by atoms with van der Waals surface area (Å²) in [4.78, 5) is 0.0131. The zero-order valence-corrected chi connectivity index (χ0v) is 12.6. The van der Waals surface area contributed by atoms with Crippen LogP contribution in [0.15, 0.2) is 23.1 Å². The van der Waals surface area contributed by atoms with E-state index in [1.807, 2.05) is 19.9 Å². The van der Waals surface area contributed by atoms with Crippen molar-refractivity contribution in [3.8, 4) is 6.07 Å². The maximum absolute atomic E-state index is 12.1. The van der Waals surface area contributed by atoms with Crippen molar-refractivity contribution in [3.05, 3.63) is 28.8 Å². The van der Waals surface area contributed by atoms with Crippen molar-refractivity contribution in [1.29, 1.82) is 5.26 Å². The lowest BCUT2D eigenvalue weighted by atomic mass is 10.0. The first-order valence-electron chi connectivity index (χ1n) is 6.13. The number of rotatable bonds is 6. The second-order valence-electron chi connectivity index (χ2n) is 4.29. The van der Waals surface area contributed by atoms with E-state index in [9.17, 15) is 8.42 Å². The zero-order chi connectivity index (χ0) is 14.5. The molecule has 0 aliphatic carbocycles. The summed E-state index contributed by atoms with van der Waals surface area (Å²) in [6, 6.07) is 6.07. The molecule has 0 unspecified atom stereocenters. The molecule has 0 bridgehead atoms. The molecule has 0 aromatic heterocycles. The minimum atomic E-state index is -3.62. The van der Waals surface area contributed by atoms with Gasteiger partial charge in [-0.2, -0.15) is 5.26 Å². The fourth-order valence-electron chi connectivity index (χ4n) is 1.67. The molecule has 0 spiro atoms. The average molecular weight is 301 g/mol. The molecular weight excluding hydrogens is 284 g/mol. The molecule has 19 heavy (non-hydrogen) atoms. The molecule has 6 heteroatoms. The van der Waals surface area contributed by atoms with Crippen molar-refractivity contribution in [3.63, 3.8) is 0 Å². The lowest BCUT2D eigenvalue weighted by Gasteiger charge is -2.14. The number of hydrogen-bond acceptors (Lipinski definition) is 3. The van der Waals surface area contributed by atoms with Crippen LogP contribution in [0.2, 0.25) is 5.02 Å². The molecule has 1 rings (SSSR count). The summed E-state index contributed by atoms with van der Waals surface area (Å²) in [7, 11) is -3.62. The van der Waals surface area contributed by atoms with Crippen LogP contribution in [0.5, 0.6) is 0 Å². The maximum atomic E-state index is 12.1. The number of halogens is 1. The first kappa shape index (κ1) is 16.0. The Morgan fingerprint density at radius 3 is 2.47 bits per heavy atom. The van der Waals surface area contributed by atoms with Gasteiger partial charge in [0.1, 0.15) is 4.90 Å². The highest BCUT2D eigenvalue weighted by Gasteiger charge is 2.19. The third kappa shape index (κ3) is 4.20. The summed E-state index contributed by atoms with van der Waals surface area (Å²) >= 11 is 5.91. The summed E-state index contributed by atoms with van der Waals surface area (Å²) in [6.07, 6.45) is 1.83. The Bertz CT molecular complexity index is 575. The van der Waals surface area contributed by atoms with Crippen molar-refractivity contribution in [2.24, 2.45) is 5.92 Å². The fraction of sp³-hybridized carbons (Fsp3) is 0.462. The van der Waals surface area contributed by atoms with E-state index in [2.05, 4.69) is 4.72 Å². The fourth-order valence-corrected chi connectivity index (χ4v) is 3.33. The van der Waals surface area contributed by atoms with Crippen molar-refractivity contribution < 1.29 is 8.42 Å². The second-order valence-corrected chi connectivity index (χ2v) is 6.43. The Balaban J connectivity index is 2.92. The number of benzene rings is 1. The van der Waals surface area contributed by atoms with Gasteiger partial charge in [-0.15, -0.1) is 0 Å². The Morgan fingerprint density at radius 1 is 1.37 bits per heavy atom. The van der Waals surface area contributed by atoms with Crippen LogP contribution in [-0.2, 0) is 10.0 Å². The molecule has 1 aromatic carbocycles. The minimum absolute atomic E-state index is 0.0131. The van der Waals surface area contributed by atoms with E-state index in [-0.39, 0.29) is 9.92 Å². The van der Waals surface area contributed by atoms with Crippen LogP contribution in [0.3, 0.4) is 0 Å². The molecule has 0 aliphatic rings. The number of nitriles is 1. The van der Waals surface area contributed by atoms with Crippen LogP contribution < -0.4 is 4.72 Å². The van der Waals surface area contributed by atoms with Crippen LogP contribution in [0, 0.1) is 17.2 Å². The van der Waals surface area contributed by atoms with Gasteiger partial charge in [0.05, 0.1) is 16.7 Å². The molecule has 0 atom stereocenters. The quantitative estimate of drug-likeness (QED) is 0.878. The van der Waals surface area contributed by atoms with Crippen LogP contribution in [0.25, 0.3) is 0 Å². The standard InChI is InChI=1S/C13H17ClN2O2S/c1-3-10(4-2)9-16-19(17,18)13-6-5-11(8-15)7-12(13)14/h5-7,10,16H,3-4,9H2,1-2H3. The SMILES string of the molecule is CCC(CC)CNS(=O)(=O)c1ccc(C#N)cc1Cl. The number of nitrogens with zero attached hydrogens (tertiary/aromatic N) is 1. The molecule has 0 saturated heterocycles. The predicted molar refractivity (Wildman–Crippen MR) is 75.4 cm³/mol. The Morgan fingerprint density at radius 2 is 2.00 bits per heavy atom. The van der Waals surface area contributed by atoms with E-state index in [1.165, 1.54) is 18.2 Å². The normalized spacial score (nSPS) is 11.5. The molecule has 4 nitrogen and oxygen atoms in total. The van der Waals surface area contributed by atoms with Gasteiger partial charge in [0, 0.05) is 6.54 Å². The first-order valence-corrected chi connectivity index (χ1v) is 8.00. The highest BCUT2D eigenvalue weighted by atomic mass is 35.5. The molecule has 104 valence electrons. The Labute approximate surface area is 119 Å².